The third kappa shape index (κ3) is 3.59. The van der Waals surface area contributed by atoms with Crippen molar-refractivity contribution >= 4 is 20.9 Å². The number of hydrogen-bond acceptors (Lipinski definition) is 3. The van der Waals surface area contributed by atoms with E-state index >= 15 is 0 Å². The molecule has 2 aromatic rings. The molecule has 110 valence electrons. The first-order chi connectivity index (χ1) is 13.9. The van der Waals surface area contributed by atoms with E-state index in [0.29, 0.717) is 9.88 Å². The molecule has 0 saturated heterocycles. The van der Waals surface area contributed by atoms with Gasteiger partial charge in [-0.1, -0.05) is 6.04 Å². The summed E-state index contributed by atoms with van der Waals surface area (Å²) < 4.78 is 109. The van der Waals surface area contributed by atoms with Crippen molar-refractivity contribution in [2.45, 2.75) is 12.2 Å². The number of nitrogens with one attached hydrogen (secondary N) is 2. The molecule has 0 atom stereocenters. The Hall–Kier alpha value is -1.37. The molecule has 0 bridgehead atoms. The molecule has 0 aliphatic rings. The quantitative estimate of drug-likeness (QED) is 0.846. The third-order valence-electron chi connectivity index (χ3n) is 2.72. The Kier molecular flexibility index (Phi) is 1.84. The Bertz CT molecular complexity index is 1080. The summed E-state index contributed by atoms with van der Waals surface area (Å²) in [6.45, 7) is -6.34. The molecule has 0 radical (unpaired) electrons. The number of benzene rings is 1. The number of likely N-dealkylation sites (N-methyl/N-ethyl adjacent to an activating group) is 1. The van der Waals surface area contributed by atoms with Gasteiger partial charge in [-0.25, -0.2) is 13.1 Å². The minimum atomic E-state index is -4.19. The molecule has 1 heterocycles. The Morgan fingerprint density at radius 2 is 2.35 bits per heavy atom. The topological polar surface area (TPSA) is 65.2 Å². The Morgan fingerprint density at radius 3 is 3.05 bits per heavy atom. The monoisotopic (exact) mass is 306 g/mol. The van der Waals surface area contributed by atoms with Crippen molar-refractivity contribution < 1.29 is 23.6 Å². The maximum absolute atomic E-state index is 12.1. The predicted molar refractivity (Wildman–Crippen MR) is 82.2 cm³/mol. The Labute approximate surface area is 135 Å². The zero-order valence-corrected chi connectivity index (χ0v) is 11.6. The summed E-state index contributed by atoms with van der Waals surface area (Å²) in [7, 11) is -3.22. The molecule has 5 nitrogen and oxygen atoms in total. The first kappa shape index (κ1) is 6.17. The average Bonchev–Trinajstić information content (AvgIpc) is 2.91. The highest BCUT2D eigenvalue weighted by molar-refractivity contribution is 7.88. The Morgan fingerprint density at radius 1 is 1.55 bits per heavy atom. The van der Waals surface area contributed by atoms with Gasteiger partial charge in [-0.05, 0) is 50.6 Å². The average molecular weight is 306 g/mol. The van der Waals surface area contributed by atoms with Gasteiger partial charge in [0, 0.05) is 31.9 Å². The number of aromatic nitrogens is 1. The molecule has 0 saturated carbocycles. The zero-order valence-electron chi connectivity index (χ0n) is 21.8. The number of nitrogens with zero attached hydrogens (tertiary/aromatic N) is 1. The predicted octanol–water partition coefficient (Wildman–Crippen LogP) is 1.32. The second kappa shape index (κ2) is 5.95. The van der Waals surface area contributed by atoms with Crippen LogP contribution in [0.1, 0.15) is 23.5 Å². The van der Waals surface area contributed by atoms with Gasteiger partial charge < -0.3 is 9.88 Å². The van der Waals surface area contributed by atoms with Gasteiger partial charge in [0.05, 0.1) is 9.87 Å². The number of hydrogen-bond donors (Lipinski definition) is 2. The molecular formula is C14H21N3O2S. The minimum Gasteiger partial charge on any atom is -0.361 e. The lowest BCUT2D eigenvalue weighted by Crippen LogP contribution is -2.20. The van der Waals surface area contributed by atoms with E-state index in [0.717, 1.165) is 7.05 Å². The number of H-pyrrole nitrogens is 1. The molecule has 0 unspecified atom stereocenters. The van der Waals surface area contributed by atoms with Crippen molar-refractivity contribution in [1.82, 2.24) is 14.6 Å². The summed E-state index contributed by atoms with van der Waals surface area (Å²) in [6, 6.07) is -1.53. The molecule has 2 rings (SSSR count). The third-order valence-corrected chi connectivity index (χ3v) is 3.93. The maximum Gasteiger partial charge on any atom is 0.215 e. The van der Waals surface area contributed by atoms with Crippen LogP contribution in [-0.4, -0.2) is 45.8 Å². The number of fused-ring (bicyclic) bond motifs is 1. The SMILES string of the molecule is [2H]c1c(CS(=O)(=O)N([2H])C)c([2H])c2c(CCN(C([2H])([2H])[2H])C([2H])([2H])[2H])cn([2H])c2c1[2H]. The highest BCUT2D eigenvalue weighted by Gasteiger charge is 2.11. The van der Waals surface area contributed by atoms with Gasteiger partial charge in [0.15, 0.2) is 1.41 Å². The molecule has 0 fully saturated rings. The molecule has 0 spiro atoms. The van der Waals surface area contributed by atoms with Crippen LogP contribution in [0.3, 0.4) is 0 Å². The molecule has 1 aromatic carbocycles. The van der Waals surface area contributed by atoms with Crippen LogP contribution in [0.4, 0.5) is 0 Å². The molecule has 2 N–H and O–H groups in total. The molecule has 0 aliphatic carbocycles. The fourth-order valence-corrected chi connectivity index (χ4v) is 2.35. The van der Waals surface area contributed by atoms with E-state index in [4.69, 9.17) is 15.2 Å². The second-order valence-electron chi connectivity index (χ2n) is 4.17. The standard InChI is InChI=1S/C14H21N3O2S/c1-15-20(18,19)10-11-4-5-14-13(8-11)12(9-16-14)6-7-17(2)3/h4-5,8-9,15-16H,6-7,10H2,1-3H3/i2D3,3D3,4D,5D,8D/hD2. The molecule has 20 heavy (non-hydrogen) atoms. The minimum absolute atomic E-state index is 0.0372. The van der Waals surface area contributed by atoms with Crippen molar-refractivity contribution in [3.05, 3.63) is 35.5 Å². The van der Waals surface area contributed by atoms with Crippen molar-refractivity contribution in [2.24, 2.45) is 0 Å². The van der Waals surface area contributed by atoms with Gasteiger partial charge in [0.25, 0.3) is 0 Å². The van der Waals surface area contributed by atoms with Crippen molar-refractivity contribution in [3.63, 3.8) is 0 Å². The van der Waals surface area contributed by atoms with E-state index in [1.54, 1.807) is 0 Å². The first-order valence-corrected chi connectivity index (χ1v) is 7.35. The van der Waals surface area contributed by atoms with Gasteiger partial charge in [0.1, 0.15) is 1.41 Å². The number of aromatic amines is 1. The molecular weight excluding hydrogens is 274 g/mol. The first-order valence-electron chi connectivity index (χ1n) is 11.1. The van der Waals surface area contributed by atoms with Gasteiger partial charge in [-0.15, -0.1) is 0 Å². The molecule has 0 amide bonds. The van der Waals surface area contributed by atoms with Gasteiger partial charge in [0.2, 0.25) is 10.0 Å². The molecule has 6 heteroatoms. The highest BCUT2D eigenvalue weighted by Crippen LogP contribution is 2.21. The maximum atomic E-state index is 12.1. The van der Waals surface area contributed by atoms with E-state index in [1.807, 2.05) is 0 Å². The normalized spacial score (nSPS) is 21.9. The Balaban J connectivity index is 2.62. The zero-order chi connectivity index (χ0) is 24.1. The number of rotatable bonds is 6. The lowest BCUT2D eigenvalue weighted by molar-refractivity contribution is 0.414. The van der Waals surface area contributed by atoms with E-state index in [1.165, 1.54) is 6.20 Å². The van der Waals surface area contributed by atoms with Crippen molar-refractivity contribution in [1.29, 1.82) is 0 Å². The fourth-order valence-electron chi connectivity index (χ4n) is 1.72. The summed E-state index contributed by atoms with van der Waals surface area (Å²) in [6.07, 6.45) is 0.957. The van der Waals surface area contributed by atoms with E-state index in [2.05, 4.69) is 0 Å². The van der Waals surface area contributed by atoms with Crippen molar-refractivity contribution in [3.8, 4) is 0 Å². The van der Waals surface area contributed by atoms with Crippen LogP contribution in [0.25, 0.3) is 10.9 Å². The summed E-state index contributed by atoms with van der Waals surface area (Å²) >= 11 is 0. The van der Waals surface area contributed by atoms with Crippen LogP contribution in [0.2, 0.25) is 2.82 Å². The van der Waals surface area contributed by atoms with E-state index < -0.39 is 54.4 Å². The van der Waals surface area contributed by atoms with Gasteiger partial charge in [-0.2, -0.15) is 0 Å². The van der Waals surface area contributed by atoms with Crippen molar-refractivity contribution in [2.75, 3.05) is 27.5 Å². The van der Waals surface area contributed by atoms with Gasteiger partial charge in [-0.3, -0.25) is 0 Å². The van der Waals surface area contributed by atoms with Crippen LogP contribution in [-0.2, 0) is 22.2 Å². The van der Waals surface area contributed by atoms with E-state index in [-0.39, 0.29) is 33.2 Å². The van der Waals surface area contributed by atoms with Crippen LogP contribution < -0.4 is 4.72 Å². The molecule has 0 aliphatic heterocycles. The largest absolute Gasteiger partial charge is 0.361 e. The molecule has 1 aromatic heterocycles. The van der Waals surface area contributed by atoms with Crippen LogP contribution in [0.15, 0.2) is 24.3 Å². The second-order valence-corrected chi connectivity index (χ2v) is 5.99. The fraction of sp³-hybridized carbons (Fsp3) is 0.429. The lowest BCUT2D eigenvalue weighted by Gasteiger charge is -2.08. The van der Waals surface area contributed by atoms with Crippen LogP contribution >= 0.6 is 0 Å². The van der Waals surface area contributed by atoms with Crippen LogP contribution in [0.5, 0.6) is 0 Å². The highest BCUT2D eigenvalue weighted by atomic mass is 32.2. The summed E-state index contributed by atoms with van der Waals surface area (Å²) in [5, 5.41) is -0.0372. The number of sulfonamides is 1. The van der Waals surface area contributed by atoms with Gasteiger partial charge >= 0.3 is 0 Å². The van der Waals surface area contributed by atoms with Crippen LogP contribution in [0, 0.1) is 0 Å². The summed E-state index contributed by atoms with van der Waals surface area (Å²) in [5.41, 5.74) is -0.327. The lowest BCUT2D eigenvalue weighted by atomic mass is 10.1. The smallest absolute Gasteiger partial charge is 0.215 e. The summed E-state index contributed by atoms with van der Waals surface area (Å²) in [4.78, 5) is 1.03. The van der Waals surface area contributed by atoms with E-state index in [9.17, 15) is 8.42 Å². The summed E-state index contributed by atoms with van der Waals surface area (Å²) in [5.74, 6) is -0.883.